The smallest absolute Gasteiger partial charge is 0.226 e. The summed E-state index contributed by atoms with van der Waals surface area (Å²) in [7, 11) is 1.68. The third-order valence-corrected chi connectivity index (χ3v) is 10.3. The molecule has 8 atom stereocenters. The minimum absolute atomic E-state index is 0.00398. The van der Waals surface area contributed by atoms with Crippen LogP contribution in [0.15, 0.2) is 11.6 Å². The molecule has 4 aliphatic carbocycles. The summed E-state index contributed by atoms with van der Waals surface area (Å²) < 4.78 is 36.3. The van der Waals surface area contributed by atoms with Crippen molar-refractivity contribution in [3.8, 4) is 0 Å². The van der Waals surface area contributed by atoms with E-state index in [9.17, 15) is 4.79 Å². The number of carbonyl (C=O) groups excluding carboxylic acids is 1. The van der Waals surface area contributed by atoms with Gasteiger partial charge in [-0.25, -0.2) is 0 Å². The Bertz CT molecular complexity index is 814. The van der Waals surface area contributed by atoms with Gasteiger partial charge in [-0.05, 0) is 67.8 Å². The van der Waals surface area contributed by atoms with E-state index in [2.05, 4.69) is 13.8 Å². The molecule has 0 radical (unpaired) electrons. The Morgan fingerprint density at radius 2 is 1.94 bits per heavy atom. The summed E-state index contributed by atoms with van der Waals surface area (Å²) >= 11 is 0. The molecule has 0 N–H and O–H groups in total. The molecule has 0 aromatic carbocycles. The first-order chi connectivity index (χ1) is 15.4. The first-order valence-electron chi connectivity index (χ1n) is 12.2. The number of hydrogen-bond acceptors (Lipinski definition) is 7. The number of rotatable bonds is 3. The predicted molar refractivity (Wildman–Crippen MR) is 113 cm³/mol. The first-order valence-corrected chi connectivity index (χ1v) is 12.2. The number of carbonyl (C=O) groups is 1. The summed E-state index contributed by atoms with van der Waals surface area (Å²) in [4.78, 5) is 12.2. The molecule has 6 aliphatic rings. The van der Waals surface area contributed by atoms with Gasteiger partial charge in [-0.15, -0.1) is 0 Å². The molecule has 0 amide bonds. The lowest BCUT2D eigenvalue weighted by Crippen LogP contribution is -2.66. The maximum absolute atomic E-state index is 12.2. The molecule has 2 saturated heterocycles. The highest BCUT2D eigenvalue weighted by Gasteiger charge is 2.76. The zero-order valence-corrected chi connectivity index (χ0v) is 19.5. The Balaban J connectivity index is 1.42. The Morgan fingerprint density at radius 1 is 1.09 bits per heavy atom. The SMILES string of the molecule is COCO[C@H]1C[C@@]2(C)[C@@H](CC[C@@]23OCOC32COCO2)[C@@H]2CCC3=CC(=O)CC[C@]3(C)[C@H]21. The normalized spacial score (nSPS) is 52.2. The lowest BCUT2D eigenvalue weighted by molar-refractivity contribution is -0.264. The lowest BCUT2D eigenvalue weighted by atomic mass is 9.45. The van der Waals surface area contributed by atoms with E-state index in [0.29, 0.717) is 30.8 Å². The van der Waals surface area contributed by atoms with E-state index < -0.39 is 11.4 Å². The van der Waals surface area contributed by atoms with Crippen molar-refractivity contribution in [2.45, 2.75) is 76.3 Å². The molecule has 2 heterocycles. The quantitative estimate of drug-likeness (QED) is 0.611. The Hall–Kier alpha value is -0.830. The second-order valence-electron chi connectivity index (χ2n) is 11.3. The van der Waals surface area contributed by atoms with E-state index in [-0.39, 0.29) is 43.1 Å². The monoisotopic (exact) mass is 448 g/mol. The second kappa shape index (κ2) is 7.33. The summed E-state index contributed by atoms with van der Waals surface area (Å²) in [6, 6.07) is 0. The average Bonchev–Trinajstić information content (AvgIpc) is 3.47. The largest absolute Gasteiger partial charge is 0.359 e. The summed E-state index contributed by atoms with van der Waals surface area (Å²) in [5.41, 5.74) is 0.658. The van der Waals surface area contributed by atoms with Crippen LogP contribution >= 0.6 is 0 Å². The van der Waals surface area contributed by atoms with Crippen LogP contribution in [-0.2, 0) is 33.2 Å². The van der Waals surface area contributed by atoms with E-state index in [1.807, 2.05) is 6.08 Å². The Labute approximate surface area is 190 Å². The second-order valence-corrected chi connectivity index (χ2v) is 11.3. The molecule has 32 heavy (non-hydrogen) atoms. The van der Waals surface area contributed by atoms with E-state index in [1.54, 1.807) is 7.11 Å². The van der Waals surface area contributed by atoms with Gasteiger partial charge in [-0.1, -0.05) is 19.4 Å². The summed E-state index contributed by atoms with van der Waals surface area (Å²) in [5.74, 6) is 0.832. The van der Waals surface area contributed by atoms with Crippen LogP contribution in [0.25, 0.3) is 0 Å². The van der Waals surface area contributed by atoms with Gasteiger partial charge in [0, 0.05) is 18.9 Å². The van der Waals surface area contributed by atoms with Gasteiger partial charge >= 0.3 is 0 Å². The molecule has 1 unspecified atom stereocenters. The van der Waals surface area contributed by atoms with Crippen LogP contribution in [0.4, 0.5) is 0 Å². The zero-order valence-electron chi connectivity index (χ0n) is 19.5. The third-order valence-electron chi connectivity index (χ3n) is 10.3. The lowest BCUT2D eigenvalue weighted by Gasteiger charge is -2.62. The van der Waals surface area contributed by atoms with Crippen LogP contribution in [0, 0.1) is 28.6 Å². The van der Waals surface area contributed by atoms with Crippen LogP contribution in [0.3, 0.4) is 0 Å². The van der Waals surface area contributed by atoms with E-state index in [4.69, 9.17) is 28.4 Å². The highest BCUT2D eigenvalue weighted by molar-refractivity contribution is 5.91. The predicted octanol–water partition coefficient (Wildman–Crippen LogP) is 3.56. The van der Waals surface area contributed by atoms with Gasteiger partial charge in [0.2, 0.25) is 5.79 Å². The number of ketones is 1. The summed E-state index contributed by atoms with van der Waals surface area (Å²) in [6.07, 6.45) is 8.50. The van der Waals surface area contributed by atoms with Gasteiger partial charge in [-0.3, -0.25) is 4.79 Å². The molecule has 0 aromatic rings. The van der Waals surface area contributed by atoms with Gasteiger partial charge < -0.3 is 28.4 Å². The van der Waals surface area contributed by atoms with Crippen LogP contribution in [0.1, 0.15) is 58.8 Å². The molecule has 2 aliphatic heterocycles. The molecule has 2 spiro atoms. The van der Waals surface area contributed by atoms with Crippen molar-refractivity contribution in [2.75, 3.05) is 34.1 Å². The topological polar surface area (TPSA) is 72.5 Å². The number of hydrogen-bond donors (Lipinski definition) is 0. The van der Waals surface area contributed by atoms with Crippen LogP contribution in [0.2, 0.25) is 0 Å². The molecule has 178 valence electrons. The van der Waals surface area contributed by atoms with Gasteiger partial charge in [-0.2, -0.15) is 0 Å². The summed E-state index contributed by atoms with van der Waals surface area (Å²) in [6.45, 7) is 5.94. The van der Waals surface area contributed by atoms with E-state index >= 15 is 0 Å². The Morgan fingerprint density at radius 3 is 2.72 bits per heavy atom. The molecule has 3 saturated carbocycles. The van der Waals surface area contributed by atoms with Crippen molar-refractivity contribution in [1.82, 2.24) is 0 Å². The molecular formula is C25H36O7. The molecule has 0 aromatic heterocycles. The Kier molecular flexibility index (Phi) is 4.97. The molecule has 6 rings (SSSR count). The van der Waals surface area contributed by atoms with Crippen molar-refractivity contribution in [2.24, 2.45) is 28.6 Å². The maximum Gasteiger partial charge on any atom is 0.226 e. The van der Waals surface area contributed by atoms with E-state index in [0.717, 1.165) is 38.5 Å². The van der Waals surface area contributed by atoms with Crippen LogP contribution in [-0.4, -0.2) is 57.4 Å². The molecule has 0 bridgehead atoms. The minimum Gasteiger partial charge on any atom is -0.359 e. The van der Waals surface area contributed by atoms with E-state index in [1.165, 1.54) is 5.57 Å². The highest BCUT2D eigenvalue weighted by atomic mass is 16.9. The fraction of sp³-hybridized carbons (Fsp3) is 0.880. The van der Waals surface area contributed by atoms with Gasteiger partial charge in [0.15, 0.2) is 19.4 Å². The molecule has 5 fully saturated rings. The fourth-order valence-corrected chi connectivity index (χ4v) is 8.94. The van der Waals surface area contributed by atoms with Crippen molar-refractivity contribution in [3.63, 3.8) is 0 Å². The van der Waals surface area contributed by atoms with Crippen molar-refractivity contribution in [1.29, 1.82) is 0 Å². The van der Waals surface area contributed by atoms with Crippen LogP contribution < -0.4 is 0 Å². The number of allylic oxidation sites excluding steroid dienone is 1. The van der Waals surface area contributed by atoms with Crippen molar-refractivity contribution >= 4 is 5.78 Å². The molecule has 7 heteroatoms. The fourth-order valence-electron chi connectivity index (χ4n) is 8.94. The van der Waals surface area contributed by atoms with Gasteiger partial charge in [0.05, 0.1) is 6.10 Å². The number of methoxy groups -OCH3 is 1. The van der Waals surface area contributed by atoms with Crippen molar-refractivity contribution in [3.05, 3.63) is 11.6 Å². The van der Waals surface area contributed by atoms with Crippen molar-refractivity contribution < 1.29 is 33.2 Å². The standard InChI is InChI=1S/C25H36O7/c1-22-8-6-17(26)10-16(22)4-5-18-19-7-9-24(25(32-15-30-24)12-28-14-31-25)23(19,2)11-20(21(18)22)29-13-27-3/h10,18-21H,4-9,11-15H2,1-3H3/t18-,19-,20-,21+,22-,23-,24+,25?/m0/s1. The average molecular weight is 449 g/mol. The molecular weight excluding hydrogens is 412 g/mol. The number of fused-ring (bicyclic) bond motifs is 7. The first kappa shape index (κ1) is 21.7. The van der Waals surface area contributed by atoms with Gasteiger partial charge in [0.1, 0.15) is 19.0 Å². The minimum atomic E-state index is -0.823. The zero-order chi connectivity index (χ0) is 22.2. The highest BCUT2D eigenvalue weighted by Crippen LogP contribution is 2.71. The van der Waals surface area contributed by atoms with Crippen LogP contribution in [0.5, 0.6) is 0 Å². The molecule has 7 nitrogen and oxygen atoms in total. The number of ether oxygens (including phenoxy) is 6. The third kappa shape index (κ3) is 2.61. The summed E-state index contributed by atoms with van der Waals surface area (Å²) in [5, 5.41) is 0. The maximum atomic E-state index is 12.2. The van der Waals surface area contributed by atoms with Gasteiger partial charge in [0.25, 0.3) is 0 Å².